The van der Waals surface area contributed by atoms with E-state index < -0.39 is 0 Å². The number of hydrogen-bond acceptors (Lipinski definition) is 6. The van der Waals surface area contributed by atoms with Crippen LogP contribution in [0.5, 0.6) is 5.75 Å². The third-order valence-corrected chi connectivity index (χ3v) is 4.19. The number of methoxy groups -OCH3 is 2. The number of anilines is 1. The van der Waals surface area contributed by atoms with E-state index in [0.717, 1.165) is 11.3 Å². The summed E-state index contributed by atoms with van der Waals surface area (Å²) in [5.74, 6) is 0.471. The highest BCUT2D eigenvalue weighted by molar-refractivity contribution is 7.17. The lowest BCUT2D eigenvalue weighted by molar-refractivity contribution is 0.0605. The van der Waals surface area contributed by atoms with E-state index in [4.69, 9.17) is 9.47 Å². The molecule has 0 saturated carbocycles. The SMILES string of the molecule is COC(=O)c1sc(NC(C)c2ccc(OC)cc2)nc1C. The molecule has 2 aromatic rings. The number of carbonyl (C=O) groups excluding carboxylic acids is 1. The summed E-state index contributed by atoms with van der Waals surface area (Å²) in [6, 6.07) is 7.91. The van der Waals surface area contributed by atoms with E-state index in [1.807, 2.05) is 31.2 Å². The van der Waals surface area contributed by atoms with Crippen LogP contribution in [0.4, 0.5) is 5.13 Å². The summed E-state index contributed by atoms with van der Waals surface area (Å²) >= 11 is 1.30. The minimum Gasteiger partial charge on any atom is -0.497 e. The van der Waals surface area contributed by atoms with E-state index in [9.17, 15) is 4.79 Å². The lowest BCUT2D eigenvalue weighted by Gasteiger charge is -2.13. The van der Waals surface area contributed by atoms with Crippen molar-refractivity contribution in [2.24, 2.45) is 0 Å². The Hall–Kier alpha value is -2.08. The Balaban J connectivity index is 2.11. The van der Waals surface area contributed by atoms with Gasteiger partial charge in [0.25, 0.3) is 0 Å². The Morgan fingerprint density at radius 1 is 1.29 bits per heavy atom. The van der Waals surface area contributed by atoms with Crippen LogP contribution in [0.25, 0.3) is 0 Å². The molecule has 0 aliphatic heterocycles. The summed E-state index contributed by atoms with van der Waals surface area (Å²) in [5.41, 5.74) is 1.79. The van der Waals surface area contributed by atoms with Crippen LogP contribution in [-0.4, -0.2) is 25.2 Å². The Morgan fingerprint density at radius 2 is 1.95 bits per heavy atom. The number of benzene rings is 1. The van der Waals surface area contributed by atoms with Crippen LogP contribution in [-0.2, 0) is 4.74 Å². The fourth-order valence-electron chi connectivity index (χ4n) is 1.90. The first-order valence-corrected chi connectivity index (χ1v) is 7.33. The van der Waals surface area contributed by atoms with Crippen LogP contribution in [0.2, 0.25) is 0 Å². The van der Waals surface area contributed by atoms with Gasteiger partial charge in [0.1, 0.15) is 10.6 Å². The van der Waals surface area contributed by atoms with E-state index in [1.54, 1.807) is 14.0 Å². The first kappa shape index (κ1) is 15.3. The van der Waals surface area contributed by atoms with Gasteiger partial charge in [0, 0.05) is 0 Å². The molecule has 1 N–H and O–H groups in total. The van der Waals surface area contributed by atoms with Gasteiger partial charge in [-0.15, -0.1) is 0 Å². The van der Waals surface area contributed by atoms with Gasteiger partial charge in [-0.2, -0.15) is 0 Å². The molecule has 1 heterocycles. The maximum atomic E-state index is 11.6. The molecule has 0 radical (unpaired) electrons. The van der Waals surface area contributed by atoms with Crippen molar-refractivity contribution in [3.8, 4) is 5.75 Å². The first-order chi connectivity index (χ1) is 10.0. The topological polar surface area (TPSA) is 60.5 Å². The van der Waals surface area contributed by atoms with Crippen molar-refractivity contribution < 1.29 is 14.3 Å². The number of esters is 1. The molecular weight excluding hydrogens is 288 g/mol. The number of aromatic nitrogens is 1. The molecule has 112 valence electrons. The zero-order valence-corrected chi connectivity index (χ0v) is 13.3. The minimum absolute atomic E-state index is 0.0759. The van der Waals surface area contributed by atoms with Gasteiger partial charge in [0.2, 0.25) is 0 Å². The van der Waals surface area contributed by atoms with Gasteiger partial charge in [0.15, 0.2) is 5.13 Å². The van der Waals surface area contributed by atoms with Crippen molar-refractivity contribution in [3.63, 3.8) is 0 Å². The van der Waals surface area contributed by atoms with E-state index in [1.165, 1.54) is 18.4 Å². The molecule has 0 aliphatic carbocycles. The highest BCUT2D eigenvalue weighted by atomic mass is 32.1. The number of nitrogens with one attached hydrogen (secondary N) is 1. The highest BCUT2D eigenvalue weighted by Gasteiger charge is 2.17. The molecule has 0 amide bonds. The number of carbonyl (C=O) groups is 1. The Labute approximate surface area is 127 Å². The monoisotopic (exact) mass is 306 g/mol. The molecule has 6 heteroatoms. The van der Waals surface area contributed by atoms with Gasteiger partial charge in [-0.1, -0.05) is 23.5 Å². The van der Waals surface area contributed by atoms with Gasteiger partial charge in [-0.25, -0.2) is 9.78 Å². The van der Waals surface area contributed by atoms with Gasteiger partial charge in [-0.05, 0) is 31.5 Å². The standard InChI is InChI=1S/C15H18N2O3S/c1-9(11-5-7-12(19-3)8-6-11)16-15-17-10(2)13(21-15)14(18)20-4/h5-9H,1-4H3,(H,16,17). The highest BCUT2D eigenvalue weighted by Crippen LogP contribution is 2.27. The van der Waals surface area contributed by atoms with Crippen molar-refractivity contribution in [2.45, 2.75) is 19.9 Å². The first-order valence-electron chi connectivity index (χ1n) is 6.51. The summed E-state index contributed by atoms with van der Waals surface area (Å²) in [7, 11) is 3.01. The number of hydrogen-bond donors (Lipinski definition) is 1. The summed E-state index contributed by atoms with van der Waals surface area (Å²) in [5, 5.41) is 4.00. The van der Waals surface area contributed by atoms with Crippen molar-refractivity contribution in [1.82, 2.24) is 4.98 Å². The van der Waals surface area contributed by atoms with Gasteiger partial charge >= 0.3 is 5.97 Å². The lowest BCUT2D eigenvalue weighted by atomic mass is 10.1. The maximum absolute atomic E-state index is 11.6. The number of rotatable bonds is 5. The maximum Gasteiger partial charge on any atom is 0.350 e. The molecule has 21 heavy (non-hydrogen) atoms. The summed E-state index contributed by atoms with van der Waals surface area (Å²) in [6.45, 7) is 3.84. The summed E-state index contributed by atoms with van der Waals surface area (Å²) in [6.07, 6.45) is 0. The molecule has 0 bridgehead atoms. The van der Waals surface area contributed by atoms with Gasteiger partial charge in [0.05, 0.1) is 26.0 Å². The second kappa shape index (κ2) is 6.58. The molecule has 0 fully saturated rings. The van der Waals surface area contributed by atoms with Crippen molar-refractivity contribution >= 4 is 22.4 Å². The molecule has 1 unspecified atom stereocenters. The summed E-state index contributed by atoms with van der Waals surface area (Å²) in [4.78, 5) is 16.5. The number of ether oxygens (including phenoxy) is 2. The normalized spacial score (nSPS) is 11.8. The van der Waals surface area contributed by atoms with Gasteiger partial charge < -0.3 is 14.8 Å². The molecule has 2 rings (SSSR count). The number of nitrogens with zero attached hydrogens (tertiary/aromatic N) is 1. The van der Waals surface area contributed by atoms with E-state index in [0.29, 0.717) is 15.7 Å². The summed E-state index contributed by atoms with van der Waals surface area (Å²) < 4.78 is 9.88. The van der Waals surface area contributed by atoms with Gasteiger partial charge in [-0.3, -0.25) is 0 Å². The van der Waals surface area contributed by atoms with Crippen LogP contribution in [0, 0.1) is 6.92 Å². The second-order valence-corrected chi connectivity index (χ2v) is 5.56. The van der Waals surface area contributed by atoms with Crippen LogP contribution in [0.15, 0.2) is 24.3 Å². The smallest absolute Gasteiger partial charge is 0.350 e. The van der Waals surface area contributed by atoms with Crippen LogP contribution in [0.1, 0.15) is 33.9 Å². The third kappa shape index (κ3) is 3.52. The van der Waals surface area contributed by atoms with Crippen LogP contribution >= 0.6 is 11.3 Å². The second-order valence-electron chi connectivity index (χ2n) is 4.56. The van der Waals surface area contributed by atoms with E-state index >= 15 is 0 Å². The average molecular weight is 306 g/mol. The van der Waals surface area contributed by atoms with Crippen molar-refractivity contribution in [2.75, 3.05) is 19.5 Å². The molecule has 5 nitrogen and oxygen atoms in total. The van der Waals surface area contributed by atoms with E-state index in [-0.39, 0.29) is 12.0 Å². The Bertz CT molecular complexity index is 622. The zero-order valence-electron chi connectivity index (χ0n) is 12.5. The molecular formula is C15H18N2O3S. The molecule has 1 aromatic heterocycles. The van der Waals surface area contributed by atoms with Crippen LogP contribution in [0.3, 0.4) is 0 Å². The van der Waals surface area contributed by atoms with Crippen LogP contribution < -0.4 is 10.1 Å². The molecule has 1 atom stereocenters. The molecule has 0 spiro atoms. The Kier molecular flexibility index (Phi) is 4.80. The fourth-order valence-corrected chi connectivity index (χ4v) is 2.87. The fraction of sp³-hybridized carbons (Fsp3) is 0.333. The molecule has 0 aliphatic rings. The molecule has 0 saturated heterocycles. The number of thiazole rings is 1. The predicted molar refractivity (Wildman–Crippen MR) is 83.2 cm³/mol. The average Bonchev–Trinajstić information content (AvgIpc) is 2.87. The largest absolute Gasteiger partial charge is 0.497 e. The zero-order chi connectivity index (χ0) is 15.4. The number of aryl methyl sites for hydroxylation is 1. The van der Waals surface area contributed by atoms with Crippen molar-refractivity contribution in [1.29, 1.82) is 0 Å². The minimum atomic E-state index is -0.352. The van der Waals surface area contributed by atoms with E-state index in [2.05, 4.69) is 10.3 Å². The lowest BCUT2D eigenvalue weighted by Crippen LogP contribution is -2.06. The predicted octanol–water partition coefficient (Wildman–Crippen LogP) is 3.42. The van der Waals surface area contributed by atoms with Crippen molar-refractivity contribution in [3.05, 3.63) is 40.4 Å². The third-order valence-electron chi connectivity index (χ3n) is 3.12. The molecule has 1 aromatic carbocycles. The Morgan fingerprint density at radius 3 is 2.52 bits per heavy atom. The quantitative estimate of drug-likeness (QED) is 0.858.